The third-order valence-corrected chi connectivity index (χ3v) is 4.38. The van der Waals surface area contributed by atoms with E-state index in [-0.39, 0.29) is 6.10 Å². The van der Waals surface area contributed by atoms with Crippen LogP contribution in [0.1, 0.15) is 64.7 Å². The number of rotatable bonds is 3. The van der Waals surface area contributed by atoms with Gasteiger partial charge in [0.25, 0.3) is 0 Å². The number of aliphatic hydroxyl groups is 1. The van der Waals surface area contributed by atoms with Crippen LogP contribution in [0.3, 0.4) is 0 Å². The molecule has 3 unspecified atom stereocenters. The van der Waals surface area contributed by atoms with Gasteiger partial charge in [0.1, 0.15) is 0 Å². The summed E-state index contributed by atoms with van der Waals surface area (Å²) in [4.78, 5) is 0. The first-order chi connectivity index (χ1) is 7.75. The number of allylic oxidation sites excluding steroid dienone is 1. The van der Waals surface area contributed by atoms with Crippen molar-refractivity contribution in [3.63, 3.8) is 0 Å². The van der Waals surface area contributed by atoms with Gasteiger partial charge in [-0.25, -0.2) is 0 Å². The second-order valence-corrected chi connectivity index (χ2v) is 5.91. The van der Waals surface area contributed by atoms with E-state index in [0.29, 0.717) is 5.92 Å². The van der Waals surface area contributed by atoms with Crippen LogP contribution in [0.4, 0.5) is 0 Å². The maximum atomic E-state index is 10.3. The molecule has 0 saturated heterocycles. The minimum atomic E-state index is -0.0629. The minimum Gasteiger partial charge on any atom is -0.393 e. The Morgan fingerprint density at radius 3 is 2.88 bits per heavy atom. The molecule has 3 atom stereocenters. The van der Waals surface area contributed by atoms with Crippen molar-refractivity contribution in [2.75, 3.05) is 0 Å². The summed E-state index contributed by atoms with van der Waals surface area (Å²) in [5.41, 5.74) is 1.52. The molecule has 1 nitrogen and oxygen atoms in total. The summed E-state index contributed by atoms with van der Waals surface area (Å²) >= 11 is 0. The Kier molecular flexibility index (Phi) is 4.45. The molecule has 1 N–H and O–H groups in total. The van der Waals surface area contributed by atoms with Crippen molar-refractivity contribution in [2.45, 2.75) is 70.8 Å². The van der Waals surface area contributed by atoms with E-state index in [1.807, 2.05) is 0 Å². The second kappa shape index (κ2) is 5.86. The molecule has 92 valence electrons. The molecule has 0 amide bonds. The quantitative estimate of drug-likeness (QED) is 0.714. The highest BCUT2D eigenvalue weighted by Crippen LogP contribution is 2.33. The molecule has 0 aliphatic heterocycles. The lowest BCUT2D eigenvalue weighted by Gasteiger charge is -2.31. The molecule has 2 aliphatic rings. The summed E-state index contributed by atoms with van der Waals surface area (Å²) in [6, 6.07) is 0. The fourth-order valence-electron chi connectivity index (χ4n) is 3.36. The van der Waals surface area contributed by atoms with Gasteiger partial charge in [-0.1, -0.05) is 31.4 Å². The van der Waals surface area contributed by atoms with E-state index in [1.165, 1.54) is 56.9 Å². The van der Waals surface area contributed by atoms with Gasteiger partial charge in [-0.05, 0) is 56.8 Å². The lowest BCUT2D eigenvalue weighted by Crippen LogP contribution is -2.26. The van der Waals surface area contributed by atoms with E-state index in [9.17, 15) is 5.11 Å². The van der Waals surface area contributed by atoms with Crippen LogP contribution >= 0.6 is 0 Å². The van der Waals surface area contributed by atoms with Gasteiger partial charge < -0.3 is 5.11 Å². The SMILES string of the molecule is CC1CCCC(C(O)CC2=CCCCC2)C1. The van der Waals surface area contributed by atoms with Gasteiger partial charge in [0.05, 0.1) is 6.10 Å². The highest BCUT2D eigenvalue weighted by molar-refractivity contribution is 5.06. The average molecular weight is 222 g/mol. The molecule has 16 heavy (non-hydrogen) atoms. The minimum absolute atomic E-state index is 0.0629. The largest absolute Gasteiger partial charge is 0.393 e. The lowest BCUT2D eigenvalue weighted by molar-refractivity contribution is 0.0711. The summed E-state index contributed by atoms with van der Waals surface area (Å²) in [6.07, 6.45) is 13.6. The molecule has 0 spiro atoms. The van der Waals surface area contributed by atoms with Crippen molar-refractivity contribution in [1.82, 2.24) is 0 Å². The summed E-state index contributed by atoms with van der Waals surface area (Å²) in [7, 11) is 0. The van der Waals surface area contributed by atoms with Gasteiger partial charge in [0.15, 0.2) is 0 Å². The highest BCUT2D eigenvalue weighted by atomic mass is 16.3. The van der Waals surface area contributed by atoms with Crippen molar-refractivity contribution in [1.29, 1.82) is 0 Å². The van der Waals surface area contributed by atoms with Gasteiger partial charge in [0.2, 0.25) is 0 Å². The van der Waals surface area contributed by atoms with Crippen LogP contribution in [0, 0.1) is 11.8 Å². The van der Waals surface area contributed by atoms with Gasteiger partial charge in [-0.2, -0.15) is 0 Å². The first-order valence-electron chi connectivity index (χ1n) is 7.11. The smallest absolute Gasteiger partial charge is 0.0605 e. The third kappa shape index (κ3) is 3.35. The third-order valence-electron chi connectivity index (χ3n) is 4.38. The fraction of sp³-hybridized carbons (Fsp3) is 0.867. The fourth-order valence-corrected chi connectivity index (χ4v) is 3.36. The maximum Gasteiger partial charge on any atom is 0.0605 e. The van der Waals surface area contributed by atoms with E-state index in [1.54, 1.807) is 0 Å². The first-order valence-corrected chi connectivity index (χ1v) is 7.11. The van der Waals surface area contributed by atoms with E-state index >= 15 is 0 Å². The van der Waals surface area contributed by atoms with E-state index in [0.717, 1.165) is 12.3 Å². The zero-order valence-corrected chi connectivity index (χ0v) is 10.6. The first kappa shape index (κ1) is 12.2. The molecule has 0 aromatic rings. The molecule has 0 heterocycles. The Labute approximate surface area is 99.9 Å². The Hall–Kier alpha value is -0.300. The molecule has 1 heteroatoms. The molecule has 0 radical (unpaired) electrons. The van der Waals surface area contributed by atoms with E-state index < -0.39 is 0 Å². The molecule has 1 fully saturated rings. The standard InChI is InChI=1S/C15H26O/c1-12-6-5-9-14(10-12)15(16)11-13-7-3-2-4-8-13/h7,12,14-16H,2-6,8-11H2,1H3. The molecule has 0 aromatic heterocycles. The summed E-state index contributed by atoms with van der Waals surface area (Å²) < 4.78 is 0. The predicted molar refractivity (Wildman–Crippen MR) is 68.3 cm³/mol. The van der Waals surface area contributed by atoms with Crippen LogP contribution < -0.4 is 0 Å². The predicted octanol–water partition coefficient (Wildman–Crippen LogP) is 4.06. The Balaban J connectivity index is 1.82. The summed E-state index contributed by atoms with van der Waals surface area (Å²) in [6.45, 7) is 2.33. The highest BCUT2D eigenvalue weighted by Gasteiger charge is 2.25. The molecule has 1 saturated carbocycles. The van der Waals surface area contributed by atoms with Crippen LogP contribution in [0.5, 0.6) is 0 Å². The van der Waals surface area contributed by atoms with Crippen LogP contribution in [-0.4, -0.2) is 11.2 Å². The van der Waals surface area contributed by atoms with Crippen LogP contribution in [0.2, 0.25) is 0 Å². The van der Waals surface area contributed by atoms with Crippen molar-refractivity contribution in [3.8, 4) is 0 Å². The van der Waals surface area contributed by atoms with Crippen molar-refractivity contribution in [3.05, 3.63) is 11.6 Å². The average Bonchev–Trinajstić information content (AvgIpc) is 2.30. The molecule has 0 bridgehead atoms. The molecule has 2 aliphatic carbocycles. The Morgan fingerprint density at radius 1 is 1.31 bits per heavy atom. The van der Waals surface area contributed by atoms with Crippen molar-refractivity contribution in [2.24, 2.45) is 11.8 Å². The van der Waals surface area contributed by atoms with Gasteiger partial charge in [-0.15, -0.1) is 0 Å². The van der Waals surface area contributed by atoms with E-state index in [4.69, 9.17) is 0 Å². The number of hydrogen-bond donors (Lipinski definition) is 1. The van der Waals surface area contributed by atoms with Gasteiger partial charge in [-0.3, -0.25) is 0 Å². The van der Waals surface area contributed by atoms with Crippen LogP contribution in [-0.2, 0) is 0 Å². The lowest BCUT2D eigenvalue weighted by atomic mass is 9.77. The molecule has 2 rings (SSSR count). The zero-order valence-electron chi connectivity index (χ0n) is 10.6. The van der Waals surface area contributed by atoms with E-state index in [2.05, 4.69) is 13.0 Å². The normalized spacial score (nSPS) is 33.2. The zero-order chi connectivity index (χ0) is 11.4. The molecular formula is C15H26O. The second-order valence-electron chi connectivity index (χ2n) is 5.91. The molecule has 0 aromatic carbocycles. The topological polar surface area (TPSA) is 20.2 Å². The maximum absolute atomic E-state index is 10.3. The van der Waals surface area contributed by atoms with Crippen LogP contribution in [0.15, 0.2) is 11.6 Å². The summed E-state index contributed by atoms with van der Waals surface area (Å²) in [5.74, 6) is 1.40. The number of hydrogen-bond acceptors (Lipinski definition) is 1. The monoisotopic (exact) mass is 222 g/mol. The number of aliphatic hydroxyl groups excluding tert-OH is 1. The Morgan fingerprint density at radius 2 is 2.19 bits per heavy atom. The van der Waals surface area contributed by atoms with Crippen molar-refractivity contribution < 1.29 is 5.11 Å². The van der Waals surface area contributed by atoms with Gasteiger partial charge >= 0.3 is 0 Å². The summed E-state index contributed by atoms with van der Waals surface area (Å²) in [5, 5.41) is 10.3. The molecular weight excluding hydrogens is 196 g/mol. The van der Waals surface area contributed by atoms with Gasteiger partial charge in [0, 0.05) is 0 Å². The Bertz CT molecular complexity index is 244. The van der Waals surface area contributed by atoms with Crippen LogP contribution in [0.25, 0.3) is 0 Å². The van der Waals surface area contributed by atoms with Crippen molar-refractivity contribution >= 4 is 0 Å².